The smallest absolute Gasteiger partial charge is 0.287 e. The summed E-state index contributed by atoms with van der Waals surface area (Å²) in [6.45, 7) is 7.73. The highest BCUT2D eigenvalue weighted by Gasteiger charge is 2.25. The lowest BCUT2D eigenvalue weighted by Gasteiger charge is -2.18. The molecule has 0 aliphatic heterocycles. The summed E-state index contributed by atoms with van der Waals surface area (Å²) in [6, 6.07) is 0. The van der Waals surface area contributed by atoms with Gasteiger partial charge >= 0.3 is 7.82 Å². The average Bonchev–Trinajstić information content (AvgIpc) is 2.45. The van der Waals surface area contributed by atoms with E-state index < -0.39 is 7.82 Å². The first-order valence-corrected chi connectivity index (χ1v) is 9.68. The Morgan fingerprint density at radius 1 is 0.619 bits per heavy atom. The zero-order valence-corrected chi connectivity index (χ0v) is 16.6. The van der Waals surface area contributed by atoms with Gasteiger partial charge in [0.1, 0.15) is 0 Å². The van der Waals surface area contributed by atoms with Crippen LogP contribution < -0.4 is 0 Å². The fourth-order valence-electron chi connectivity index (χ4n) is 1.70. The van der Waals surface area contributed by atoms with E-state index in [0.717, 1.165) is 57.8 Å². The Labute approximate surface area is 134 Å². The van der Waals surface area contributed by atoms with E-state index in [0.29, 0.717) is 19.8 Å². The summed E-state index contributed by atoms with van der Waals surface area (Å²) in [6.07, 6.45) is 9.27. The Hall–Kier alpha value is 0.540. The largest absolute Gasteiger partial charge is 0.474 e. The second kappa shape index (κ2) is 16.9. The van der Waals surface area contributed by atoms with Crippen molar-refractivity contribution in [2.75, 3.05) is 19.8 Å². The normalized spacial score (nSPS) is 11.4. The average molecular weight is 342 g/mol. The van der Waals surface area contributed by atoms with E-state index >= 15 is 0 Å². The van der Waals surface area contributed by atoms with E-state index in [1.807, 2.05) is 0 Å². The molecule has 0 aromatic carbocycles. The van der Waals surface area contributed by atoms with E-state index in [1.54, 1.807) is 0 Å². The molecule has 130 valence electrons. The summed E-state index contributed by atoms with van der Waals surface area (Å²) in [7, 11) is -3.34. The Bertz CT molecular complexity index is 212. The lowest BCUT2D eigenvalue weighted by atomic mass is 10.3. The molecule has 0 heterocycles. The number of hydrogen-bond acceptors (Lipinski definition) is 4. The van der Waals surface area contributed by atoms with Crippen molar-refractivity contribution in [2.45, 2.75) is 78.6 Å². The quantitative estimate of drug-likeness (QED) is 0.280. The van der Waals surface area contributed by atoms with Crippen molar-refractivity contribution in [1.29, 1.82) is 0 Å². The monoisotopic (exact) mass is 342 g/mol. The Morgan fingerprint density at radius 2 is 0.905 bits per heavy atom. The lowest BCUT2D eigenvalue weighted by molar-refractivity contribution is 0.109. The number of unbranched alkanes of at least 4 members (excludes halogenated alkanes) is 6. The zero-order valence-electron chi connectivity index (χ0n) is 14.3. The van der Waals surface area contributed by atoms with Crippen LogP contribution in [0.3, 0.4) is 0 Å². The second-order valence-corrected chi connectivity index (χ2v) is 6.74. The van der Waals surface area contributed by atoms with Gasteiger partial charge in [-0.3, -0.25) is 13.6 Å². The molecule has 21 heavy (non-hydrogen) atoms. The molecule has 1 unspecified atom stereocenters. The minimum absolute atomic E-state index is 0. The van der Waals surface area contributed by atoms with Crippen molar-refractivity contribution < 1.29 is 18.1 Å². The van der Waals surface area contributed by atoms with E-state index in [4.69, 9.17) is 13.6 Å². The van der Waals surface area contributed by atoms with Gasteiger partial charge in [-0.05, 0) is 19.3 Å². The summed E-state index contributed by atoms with van der Waals surface area (Å²) in [5.74, 6) is 0. The molecule has 0 saturated heterocycles. The number of rotatable bonds is 15. The van der Waals surface area contributed by atoms with Crippen molar-refractivity contribution in [2.24, 2.45) is 0 Å². The first kappa shape index (κ1) is 23.8. The molecule has 0 saturated carbocycles. The molecule has 0 aliphatic carbocycles. The predicted molar refractivity (Wildman–Crippen MR) is 95.1 cm³/mol. The lowest BCUT2D eigenvalue weighted by Crippen LogP contribution is -2.04. The molecule has 6 heteroatoms. The van der Waals surface area contributed by atoms with Crippen LogP contribution in [0.15, 0.2) is 0 Å². The third-order valence-electron chi connectivity index (χ3n) is 2.99. The molecule has 1 atom stereocenters. The summed E-state index contributed by atoms with van der Waals surface area (Å²) >= 11 is 0. The van der Waals surface area contributed by atoms with Gasteiger partial charge in [-0.2, -0.15) is 9.90 Å². The molecule has 0 rings (SSSR count). The van der Waals surface area contributed by atoms with Gasteiger partial charge in [-0.15, -0.1) is 0 Å². The van der Waals surface area contributed by atoms with E-state index in [2.05, 4.69) is 20.8 Å². The van der Waals surface area contributed by atoms with Gasteiger partial charge in [0.2, 0.25) is 0 Å². The first-order valence-electron chi connectivity index (χ1n) is 8.22. The van der Waals surface area contributed by atoms with Gasteiger partial charge in [-0.1, -0.05) is 59.3 Å². The fraction of sp³-hybridized carbons (Fsp3) is 1.00. The van der Waals surface area contributed by atoms with Gasteiger partial charge in [-0.25, -0.2) is 4.57 Å². The van der Waals surface area contributed by atoms with Crippen LogP contribution >= 0.6 is 17.7 Å². The summed E-state index contributed by atoms with van der Waals surface area (Å²) in [5, 5.41) is 0. The van der Waals surface area contributed by atoms with Crippen molar-refractivity contribution in [3.63, 3.8) is 0 Å². The van der Waals surface area contributed by atoms with Gasteiger partial charge in [0, 0.05) is 0 Å². The highest BCUT2D eigenvalue weighted by molar-refractivity contribution is 7.48. The van der Waals surface area contributed by atoms with Crippen LogP contribution in [0.5, 0.6) is 0 Å². The maximum absolute atomic E-state index is 12.4. The van der Waals surface area contributed by atoms with Crippen molar-refractivity contribution in [1.82, 2.24) is 0 Å². The molecule has 0 N–H and O–H groups in total. The van der Waals surface area contributed by atoms with E-state index in [-0.39, 0.29) is 9.90 Å². The molecular formula is C15H36O4P2. The van der Waals surface area contributed by atoms with Crippen LogP contribution in [0, 0.1) is 0 Å². The molecule has 4 nitrogen and oxygen atoms in total. The zero-order chi connectivity index (χ0) is 15.1. The molecule has 0 spiro atoms. The minimum atomic E-state index is -3.34. The second-order valence-electron chi connectivity index (χ2n) is 5.07. The molecular weight excluding hydrogens is 306 g/mol. The third kappa shape index (κ3) is 15.2. The first-order chi connectivity index (χ1) is 9.68. The topological polar surface area (TPSA) is 44.8 Å². The van der Waals surface area contributed by atoms with Gasteiger partial charge in [0.25, 0.3) is 0 Å². The van der Waals surface area contributed by atoms with E-state index in [9.17, 15) is 4.57 Å². The highest BCUT2D eigenvalue weighted by Crippen LogP contribution is 2.49. The highest BCUT2D eigenvalue weighted by atomic mass is 31.2. The number of phosphoric acid groups is 1. The van der Waals surface area contributed by atoms with Crippen molar-refractivity contribution >= 4 is 17.7 Å². The SMILES string of the molecule is CCCCCOP(=O)(OCCCCC)OCCCCC.P. The number of hydrogen-bond donors (Lipinski definition) is 0. The standard InChI is InChI=1S/C15H33O4P.H3P/c1-4-7-10-13-17-20(16,18-14-11-8-5-2)19-15-12-9-6-3;/h4-15H2,1-3H3;1H3. The third-order valence-corrected chi connectivity index (χ3v) is 4.49. The van der Waals surface area contributed by atoms with E-state index in [1.165, 1.54) is 0 Å². The van der Waals surface area contributed by atoms with Crippen LogP contribution in [0.2, 0.25) is 0 Å². The summed E-state index contributed by atoms with van der Waals surface area (Å²) < 4.78 is 28.6. The van der Waals surface area contributed by atoms with Crippen molar-refractivity contribution in [3.05, 3.63) is 0 Å². The molecule has 0 fully saturated rings. The fourth-order valence-corrected chi connectivity index (χ4v) is 2.98. The van der Waals surface area contributed by atoms with Crippen LogP contribution in [0.25, 0.3) is 0 Å². The summed E-state index contributed by atoms with van der Waals surface area (Å²) in [4.78, 5) is 0. The Kier molecular flexibility index (Phi) is 19.2. The Morgan fingerprint density at radius 3 is 1.14 bits per heavy atom. The Balaban J connectivity index is 0. The predicted octanol–water partition coefficient (Wildman–Crippen LogP) is 5.77. The maximum atomic E-state index is 12.4. The van der Waals surface area contributed by atoms with Gasteiger partial charge in [0.05, 0.1) is 19.8 Å². The van der Waals surface area contributed by atoms with Crippen LogP contribution in [-0.4, -0.2) is 19.8 Å². The maximum Gasteiger partial charge on any atom is 0.474 e. The minimum Gasteiger partial charge on any atom is -0.287 e. The van der Waals surface area contributed by atoms with Gasteiger partial charge < -0.3 is 0 Å². The molecule has 0 amide bonds. The van der Waals surface area contributed by atoms with Gasteiger partial charge in [0.15, 0.2) is 0 Å². The molecule has 0 radical (unpaired) electrons. The molecule has 0 aromatic heterocycles. The van der Waals surface area contributed by atoms with Crippen LogP contribution in [0.1, 0.15) is 78.6 Å². The van der Waals surface area contributed by atoms with Crippen molar-refractivity contribution in [3.8, 4) is 0 Å². The number of phosphoric ester groups is 1. The van der Waals surface area contributed by atoms with Crippen LogP contribution in [0.4, 0.5) is 0 Å². The van der Waals surface area contributed by atoms with Crippen LogP contribution in [-0.2, 0) is 18.1 Å². The molecule has 0 bridgehead atoms. The molecule has 0 aromatic rings. The molecule has 0 aliphatic rings. The summed E-state index contributed by atoms with van der Waals surface area (Å²) in [5.41, 5.74) is 0.